The molecule has 0 aliphatic heterocycles. The van der Waals surface area contributed by atoms with Gasteiger partial charge in [0.05, 0.1) is 5.56 Å². The summed E-state index contributed by atoms with van der Waals surface area (Å²) in [5.74, 6) is 0.819. The van der Waals surface area contributed by atoms with Crippen molar-refractivity contribution in [1.29, 1.82) is 5.26 Å². The number of hydrogen-bond donors (Lipinski definition) is 0. The van der Waals surface area contributed by atoms with Gasteiger partial charge in [-0.05, 0) is 24.5 Å². The van der Waals surface area contributed by atoms with E-state index in [9.17, 15) is 0 Å². The van der Waals surface area contributed by atoms with Crippen LogP contribution in [-0.4, -0.2) is 4.98 Å². The van der Waals surface area contributed by atoms with Crippen molar-refractivity contribution in [3.05, 3.63) is 29.6 Å². The lowest BCUT2D eigenvalue weighted by atomic mass is 9.86. The smallest absolute Gasteiger partial charge is 0.101 e. The number of nitriles is 1. The molecule has 78 valence electrons. The van der Waals surface area contributed by atoms with Gasteiger partial charge in [-0.15, -0.1) is 0 Å². The Balaban J connectivity index is 1.95. The highest BCUT2D eigenvalue weighted by molar-refractivity contribution is 5.26. The van der Waals surface area contributed by atoms with Crippen LogP contribution in [0.3, 0.4) is 0 Å². The second-order valence-electron chi connectivity index (χ2n) is 4.36. The van der Waals surface area contributed by atoms with Crippen molar-refractivity contribution in [2.75, 3.05) is 0 Å². The summed E-state index contributed by atoms with van der Waals surface area (Å²) in [6, 6.07) is 5.95. The Morgan fingerprint density at radius 1 is 1.27 bits per heavy atom. The van der Waals surface area contributed by atoms with Gasteiger partial charge in [-0.3, -0.25) is 4.98 Å². The average molecular weight is 200 g/mol. The van der Waals surface area contributed by atoms with E-state index in [-0.39, 0.29) is 0 Å². The molecule has 0 unspecified atom stereocenters. The van der Waals surface area contributed by atoms with Gasteiger partial charge in [-0.25, -0.2) is 0 Å². The fourth-order valence-corrected chi connectivity index (χ4v) is 2.30. The van der Waals surface area contributed by atoms with Crippen LogP contribution in [0.4, 0.5) is 0 Å². The van der Waals surface area contributed by atoms with Crippen LogP contribution in [0.2, 0.25) is 0 Å². The fraction of sp³-hybridized carbons (Fsp3) is 0.538. The highest BCUT2D eigenvalue weighted by atomic mass is 14.7. The molecule has 0 radical (unpaired) electrons. The molecular weight excluding hydrogens is 184 g/mol. The van der Waals surface area contributed by atoms with E-state index in [1.165, 1.54) is 32.1 Å². The van der Waals surface area contributed by atoms with Crippen molar-refractivity contribution in [2.45, 2.75) is 38.5 Å². The molecule has 15 heavy (non-hydrogen) atoms. The summed E-state index contributed by atoms with van der Waals surface area (Å²) >= 11 is 0. The molecule has 1 fully saturated rings. The topological polar surface area (TPSA) is 36.7 Å². The summed E-state index contributed by atoms with van der Waals surface area (Å²) in [6.07, 6.45) is 9.62. The third-order valence-corrected chi connectivity index (χ3v) is 3.18. The molecular formula is C13H16N2. The first-order valence-corrected chi connectivity index (χ1v) is 5.73. The molecule has 0 aromatic carbocycles. The van der Waals surface area contributed by atoms with E-state index in [0.717, 1.165) is 18.0 Å². The maximum absolute atomic E-state index is 8.66. The molecule has 2 heteroatoms. The number of rotatable bonds is 2. The molecule has 0 N–H and O–H groups in total. The van der Waals surface area contributed by atoms with E-state index in [1.54, 1.807) is 6.20 Å². The van der Waals surface area contributed by atoms with Crippen LogP contribution in [0, 0.1) is 17.2 Å². The van der Waals surface area contributed by atoms with Gasteiger partial charge < -0.3 is 0 Å². The summed E-state index contributed by atoms with van der Waals surface area (Å²) in [5, 5.41) is 8.66. The maximum atomic E-state index is 8.66. The zero-order chi connectivity index (χ0) is 10.5. The van der Waals surface area contributed by atoms with Gasteiger partial charge >= 0.3 is 0 Å². The summed E-state index contributed by atoms with van der Waals surface area (Å²) in [6.45, 7) is 0. The Labute approximate surface area is 91.0 Å². The Bertz CT molecular complexity index is 342. The normalized spacial score (nSPS) is 17.3. The summed E-state index contributed by atoms with van der Waals surface area (Å²) in [7, 11) is 0. The Morgan fingerprint density at radius 3 is 2.67 bits per heavy atom. The van der Waals surface area contributed by atoms with Crippen molar-refractivity contribution in [1.82, 2.24) is 4.98 Å². The Morgan fingerprint density at radius 2 is 2.07 bits per heavy atom. The standard InChI is InChI=1S/C13H16N2/c14-9-12-6-7-13(15-10-12)8-11-4-2-1-3-5-11/h6-7,10-11H,1-5,8H2. The molecule has 0 amide bonds. The van der Waals surface area contributed by atoms with Gasteiger partial charge in [0.2, 0.25) is 0 Å². The SMILES string of the molecule is N#Cc1ccc(CC2CCCCC2)nc1. The van der Waals surface area contributed by atoms with Crippen LogP contribution >= 0.6 is 0 Å². The van der Waals surface area contributed by atoms with Gasteiger partial charge in [-0.2, -0.15) is 5.26 Å². The zero-order valence-corrected chi connectivity index (χ0v) is 8.95. The van der Waals surface area contributed by atoms with Gasteiger partial charge in [0.25, 0.3) is 0 Å². The van der Waals surface area contributed by atoms with E-state index in [4.69, 9.17) is 5.26 Å². The summed E-state index contributed by atoms with van der Waals surface area (Å²) < 4.78 is 0. The number of hydrogen-bond acceptors (Lipinski definition) is 2. The molecule has 2 rings (SSSR count). The molecule has 0 atom stereocenters. The first-order chi connectivity index (χ1) is 7.38. The van der Waals surface area contributed by atoms with Crippen molar-refractivity contribution in [2.24, 2.45) is 5.92 Å². The molecule has 1 aromatic heterocycles. The molecule has 0 bridgehead atoms. The van der Waals surface area contributed by atoms with E-state index >= 15 is 0 Å². The van der Waals surface area contributed by atoms with Crippen molar-refractivity contribution in [3.8, 4) is 6.07 Å². The quantitative estimate of drug-likeness (QED) is 0.735. The predicted molar refractivity (Wildman–Crippen MR) is 59.2 cm³/mol. The van der Waals surface area contributed by atoms with Crippen LogP contribution in [-0.2, 0) is 6.42 Å². The number of nitrogens with zero attached hydrogens (tertiary/aromatic N) is 2. The van der Waals surface area contributed by atoms with E-state index in [2.05, 4.69) is 11.1 Å². The third-order valence-electron chi connectivity index (χ3n) is 3.18. The second-order valence-corrected chi connectivity index (χ2v) is 4.36. The van der Waals surface area contributed by atoms with E-state index < -0.39 is 0 Å². The molecule has 1 heterocycles. The average Bonchev–Trinajstić information content (AvgIpc) is 2.31. The molecule has 0 spiro atoms. The van der Waals surface area contributed by atoms with E-state index in [0.29, 0.717) is 5.56 Å². The fourth-order valence-electron chi connectivity index (χ4n) is 2.30. The largest absolute Gasteiger partial charge is 0.260 e. The molecule has 1 aliphatic rings. The minimum atomic E-state index is 0.655. The van der Waals surface area contributed by atoms with Crippen LogP contribution in [0.1, 0.15) is 43.4 Å². The molecule has 1 saturated carbocycles. The van der Waals surface area contributed by atoms with Crippen molar-refractivity contribution < 1.29 is 0 Å². The summed E-state index contributed by atoms with van der Waals surface area (Å²) in [4.78, 5) is 4.32. The highest BCUT2D eigenvalue weighted by Crippen LogP contribution is 2.26. The van der Waals surface area contributed by atoms with E-state index in [1.807, 2.05) is 12.1 Å². The Kier molecular flexibility index (Phi) is 3.34. The monoisotopic (exact) mass is 200 g/mol. The first-order valence-electron chi connectivity index (χ1n) is 5.73. The molecule has 2 nitrogen and oxygen atoms in total. The zero-order valence-electron chi connectivity index (χ0n) is 8.95. The van der Waals surface area contributed by atoms with Crippen LogP contribution < -0.4 is 0 Å². The van der Waals surface area contributed by atoms with Crippen molar-refractivity contribution >= 4 is 0 Å². The third kappa shape index (κ3) is 2.79. The molecule has 1 aliphatic carbocycles. The predicted octanol–water partition coefficient (Wildman–Crippen LogP) is 3.08. The molecule has 1 aromatic rings. The van der Waals surface area contributed by atoms with Gasteiger partial charge in [0, 0.05) is 11.9 Å². The first kappa shape index (κ1) is 10.2. The second kappa shape index (κ2) is 4.93. The molecule has 0 saturated heterocycles. The maximum Gasteiger partial charge on any atom is 0.101 e. The van der Waals surface area contributed by atoms with Crippen LogP contribution in [0.5, 0.6) is 0 Å². The lowest BCUT2D eigenvalue weighted by molar-refractivity contribution is 0.354. The van der Waals surface area contributed by atoms with Gasteiger partial charge in [-0.1, -0.05) is 32.1 Å². The highest BCUT2D eigenvalue weighted by Gasteiger charge is 2.14. The summed E-state index contributed by atoms with van der Waals surface area (Å²) in [5.41, 5.74) is 1.79. The lowest BCUT2D eigenvalue weighted by Crippen LogP contribution is -2.10. The lowest BCUT2D eigenvalue weighted by Gasteiger charge is -2.20. The number of aromatic nitrogens is 1. The van der Waals surface area contributed by atoms with Crippen LogP contribution in [0.15, 0.2) is 18.3 Å². The van der Waals surface area contributed by atoms with Gasteiger partial charge in [0.15, 0.2) is 0 Å². The minimum absolute atomic E-state index is 0.655. The number of pyridine rings is 1. The van der Waals surface area contributed by atoms with Gasteiger partial charge in [0.1, 0.15) is 6.07 Å². The minimum Gasteiger partial charge on any atom is -0.260 e. The van der Waals surface area contributed by atoms with Crippen LogP contribution in [0.25, 0.3) is 0 Å². The Hall–Kier alpha value is -1.36. The van der Waals surface area contributed by atoms with Crippen molar-refractivity contribution in [3.63, 3.8) is 0 Å².